The molecule has 19 heavy (non-hydrogen) atoms. The van der Waals surface area contributed by atoms with E-state index in [9.17, 15) is 0 Å². The van der Waals surface area contributed by atoms with Crippen LogP contribution in [0.4, 0.5) is 0 Å². The molecule has 1 aliphatic rings. The van der Waals surface area contributed by atoms with Crippen LogP contribution in [-0.2, 0) is 0 Å². The number of hydrogen-bond donors (Lipinski definition) is 1. The lowest BCUT2D eigenvalue weighted by Gasteiger charge is -2.29. The highest BCUT2D eigenvalue weighted by molar-refractivity contribution is 5.31. The molecule has 2 N–H and O–H groups in total. The number of nitrogens with two attached hydrogens (primary N) is 1. The van der Waals surface area contributed by atoms with Crippen LogP contribution in [0.1, 0.15) is 19.8 Å². The van der Waals surface area contributed by atoms with Crippen molar-refractivity contribution in [2.24, 2.45) is 5.73 Å². The summed E-state index contributed by atoms with van der Waals surface area (Å²) in [5.74, 6) is 1.79. The standard InChI is InChI=1S/C15H24N2O2/c1-2-18-14-3-5-15(6-4-14)19-12-11-17-9-7-13(16)8-10-17/h3-6,13H,2,7-12,16H2,1H3. The zero-order chi connectivity index (χ0) is 13.5. The molecular formula is C15H24N2O2. The fourth-order valence-corrected chi connectivity index (χ4v) is 2.27. The second-order valence-electron chi connectivity index (χ2n) is 4.93. The van der Waals surface area contributed by atoms with E-state index in [1.807, 2.05) is 31.2 Å². The summed E-state index contributed by atoms with van der Waals surface area (Å²) in [7, 11) is 0. The Morgan fingerprint density at radius 2 is 1.68 bits per heavy atom. The Bertz CT molecular complexity index is 359. The van der Waals surface area contributed by atoms with E-state index in [4.69, 9.17) is 15.2 Å². The smallest absolute Gasteiger partial charge is 0.119 e. The summed E-state index contributed by atoms with van der Waals surface area (Å²) in [6.07, 6.45) is 2.20. The predicted octanol–water partition coefficient (Wildman–Crippen LogP) is 1.89. The first-order valence-electron chi connectivity index (χ1n) is 7.11. The van der Waals surface area contributed by atoms with Gasteiger partial charge in [0.15, 0.2) is 0 Å². The van der Waals surface area contributed by atoms with Gasteiger partial charge in [0, 0.05) is 12.6 Å². The average Bonchev–Trinajstić information content (AvgIpc) is 2.43. The summed E-state index contributed by atoms with van der Waals surface area (Å²) >= 11 is 0. The molecule has 1 saturated heterocycles. The molecule has 4 heteroatoms. The molecule has 0 aromatic heterocycles. The van der Waals surface area contributed by atoms with Crippen molar-refractivity contribution in [3.05, 3.63) is 24.3 Å². The zero-order valence-electron chi connectivity index (χ0n) is 11.7. The quantitative estimate of drug-likeness (QED) is 0.852. The number of hydrogen-bond acceptors (Lipinski definition) is 4. The number of benzene rings is 1. The molecule has 1 aromatic rings. The number of piperidine rings is 1. The lowest BCUT2D eigenvalue weighted by molar-refractivity contribution is 0.174. The van der Waals surface area contributed by atoms with Crippen LogP contribution >= 0.6 is 0 Å². The Hall–Kier alpha value is -1.26. The molecule has 0 radical (unpaired) electrons. The van der Waals surface area contributed by atoms with Crippen molar-refractivity contribution in [2.75, 3.05) is 32.8 Å². The van der Waals surface area contributed by atoms with Crippen LogP contribution in [0.2, 0.25) is 0 Å². The first kappa shape index (κ1) is 14.2. The maximum Gasteiger partial charge on any atom is 0.119 e. The van der Waals surface area contributed by atoms with Gasteiger partial charge in [0.1, 0.15) is 18.1 Å². The van der Waals surface area contributed by atoms with Crippen molar-refractivity contribution in [2.45, 2.75) is 25.8 Å². The van der Waals surface area contributed by atoms with E-state index in [1.54, 1.807) is 0 Å². The molecule has 1 aromatic carbocycles. The normalized spacial score (nSPS) is 17.4. The topological polar surface area (TPSA) is 47.7 Å². The van der Waals surface area contributed by atoms with Gasteiger partial charge in [-0.3, -0.25) is 4.90 Å². The molecule has 1 heterocycles. The van der Waals surface area contributed by atoms with Gasteiger partial charge in [0.2, 0.25) is 0 Å². The van der Waals surface area contributed by atoms with Gasteiger partial charge in [0.25, 0.3) is 0 Å². The van der Waals surface area contributed by atoms with Crippen molar-refractivity contribution >= 4 is 0 Å². The van der Waals surface area contributed by atoms with Gasteiger partial charge in [-0.2, -0.15) is 0 Å². The van der Waals surface area contributed by atoms with Crippen LogP contribution in [-0.4, -0.2) is 43.8 Å². The molecular weight excluding hydrogens is 240 g/mol. The van der Waals surface area contributed by atoms with Crippen LogP contribution in [0.25, 0.3) is 0 Å². The van der Waals surface area contributed by atoms with Crippen LogP contribution < -0.4 is 15.2 Å². The summed E-state index contributed by atoms with van der Waals surface area (Å²) in [6.45, 7) is 6.55. The summed E-state index contributed by atoms with van der Waals surface area (Å²) in [5, 5.41) is 0. The number of rotatable bonds is 6. The zero-order valence-corrected chi connectivity index (χ0v) is 11.7. The van der Waals surface area contributed by atoms with Gasteiger partial charge < -0.3 is 15.2 Å². The molecule has 4 nitrogen and oxygen atoms in total. The van der Waals surface area contributed by atoms with E-state index in [0.717, 1.165) is 50.6 Å². The molecule has 0 amide bonds. The monoisotopic (exact) mass is 264 g/mol. The van der Waals surface area contributed by atoms with Crippen LogP contribution in [0.5, 0.6) is 11.5 Å². The number of ether oxygens (including phenoxy) is 2. The summed E-state index contributed by atoms with van der Waals surface area (Å²) < 4.78 is 11.1. The van der Waals surface area contributed by atoms with Crippen molar-refractivity contribution in [1.82, 2.24) is 4.90 Å². The molecule has 0 spiro atoms. The highest BCUT2D eigenvalue weighted by atomic mass is 16.5. The lowest BCUT2D eigenvalue weighted by Crippen LogP contribution is -2.41. The van der Waals surface area contributed by atoms with E-state index < -0.39 is 0 Å². The second-order valence-corrected chi connectivity index (χ2v) is 4.93. The predicted molar refractivity (Wildman–Crippen MR) is 76.8 cm³/mol. The fourth-order valence-electron chi connectivity index (χ4n) is 2.27. The van der Waals surface area contributed by atoms with E-state index >= 15 is 0 Å². The fraction of sp³-hybridized carbons (Fsp3) is 0.600. The molecule has 0 bridgehead atoms. The van der Waals surface area contributed by atoms with Crippen LogP contribution in [0.15, 0.2) is 24.3 Å². The van der Waals surface area contributed by atoms with Gasteiger partial charge in [0.05, 0.1) is 6.61 Å². The summed E-state index contributed by atoms with van der Waals surface area (Å²) in [6, 6.07) is 8.19. The highest BCUT2D eigenvalue weighted by Gasteiger charge is 2.15. The minimum absolute atomic E-state index is 0.392. The third kappa shape index (κ3) is 4.73. The molecule has 106 valence electrons. The largest absolute Gasteiger partial charge is 0.494 e. The van der Waals surface area contributed by atoms with Crippen molar-refractivity contribution in [1.29, 1.82) is 0 Å². The van der Waals surface area contributed by atoms with Gasteiger partial charge in [-0.15, -0.1) is 0 Å². The van der Waals surface area contributed by atoms with Crippen molar-refractivity contribution in [3.63, 3.8) is 0 Å². The molecule has 2 rings (SSSR count). The Labute approximate surface area is 115 Å². The van der Waals surface area contributed by atoms with Crippen molar-refractivity contribution < 1.29 is 9.47 Å². The SMILES string of the molecule is CCOc1ccc(OCCN2CCC(N)CC2)cc1. The molecule has 0 saturated carbocycles. The number of nitrogens with zero attached hydrogens (tertiary/aromatic N) is 1. The van der Waals surface area contributed by atoms with Gasteiger partial charge in [-0.05, 0) is 57.1 Å². The van der Waals surface area contributed by atoms with E-state index in [1.165, 1.54) is 0 Å². The van der Waals surface area contributed by atoms with E-state index in [0.29, 0.717) is 12.6 Å². The summed E-state index contributed by atoms with van der Waals surface area (Å²) in [4.78, 5) is 2.41. The molecule has 0 unspecified atom stereocenters. The molecule has 0 aliphatic carbocycles. The van der Waals surface area contributed by atoms with E-state index in [2.05, 4.69) is 4.90 Å². The lowest BCUT2D eigenvalue weighted by atomic mass is 10.1. The first-order chi connectivity index (χ1) is 9.28. The summed E-state index contributed by atoms with van der Waals surface area (Å²) in [5.41, 5.74) is 5.89. The maximum absolute atomic E-state index is 5.89. The van der Waals surface area contributed by atoms with Crippen LogP contribution in [0.3, 0.4) is 0 Å². The molecule has 1 aliphatic heterocycles. The minimum Gasteiger partial charge on any atom is -0.494 e. The molecule has 1 fully saturated rings. The third-order valence-corrected chi connectivity index (χ3v) is 3.44. The highest BCUT2D eigenvalue weighted by Crippen LogP contribution is 2.17. The van der Waals surface area contributed by atoms with Gasteiger partial charge in [-0.1, -0.05) is 0 Å². The Balaban J connectivity index is 1.67. The maximum atomic E-state index is 5.89. The van der Waals surface area contributed by atoms with E-state index in [-0.39, 0.29) is 0 Å². The third-order valence-electron chi connectivity index (χ3n) is 3.44. The Morgan fingerprint density at radius 3 is 2.26 bits per heavy atom. The van der Waals surface area contributed by atoms with Crippen LogP contribution in [0, 0.1) is 0 Å². The number of likely N-dealkylation sites (tertiary alicyclic amines) is 1. The molecule has 0 atom stereocenters. The average molecular weight is 264 g/mol. The first-order valence-corrected chi connectivity index (χ1v) is 7.11. The Morgan fingerprint density at radius 1 is 1.11 bits per heavy atom. The van der Waals surface area contributed by atoms with Gasteiger partial charge in [-0.25, -0.2) is 0 Å². The van der Waals surface area contributed by atoms with Gasteiger partial charge >= 0.3 is 0 Å². The Kier molecular flexibility index (Phi) is 5.48. The minimum atomic E-state index is 0.392. The van der Waals surface area contributed by atoms with Crippen molar-refractivity contribution in [3.8, 4) is 11.5 Å². The second kappa shape index (κ2) is 7.36.